The number of carbonyl (C=O) groups is 1. The number of Topliss-reactive ketones (excluding diaryl/α,β-unsaturated/α-hetero) is 1. The van der Waals surface area contributed by atoms with Crippen molar-refractivity contribution in [2.75, 3.05) is 0 Å². The van der Waals surface area contributed by atoms with E-state index in [4.69, 9.17) is 0 Å². The van der Waals surface area contributed by atoms with E-state index in [-0.39, 0.29) is 0 Å². The predicted molar refractivity (Wildman–Crippen MR) is 83.4 cm³/mol. The van der Waals surface area contributed by atoms with Gasteiger partial charge in [0.15, 0.2) is 0 Å². The van der Waals surface area contributed by atoms with Crippen molar-refractivity contribution in [3.05, 3.63) is 0 Å². The monoisotopic (exact) mass is 266 g/mol. The maximum absolute atomic E-state index is 12.3. The lowest BCUT2D eigenvalue weighted by Gasteiger charge is -2.29. The standard InChI is InChI=1S/C18H34O/c1-3-5-6-7-8-9-10-15-18(19)17-14-12-11-13-16(17)4-2/h16-17H,3-15H2,1-2H3. The lowest BCUT2D eigenvalue weighted by atomic mass is 9.75. The van der Waals surface area contributed by atoms with Crippen molar-refractivity contribution in [3.63, 3.8) is 0 Å². The van der Waals surface area contributed by atoms with Crippen LogP contribution >= 0.6 is 0 Å². The second-order valence-corrected chi connectivity index (χ2v) is 6.40. The third-order valence-electron chi connectivity index (χ3n) is 4.87. The van der Waals surface area contributed by atoms with E-state index < -0.39 is 0 Å². The van der Waals surface area contributed by atoms with Crippen LogP contribution in [0.1, 0.15) is 97.3 Å². The second-order valence-electron chi connectivity index (χ2n) is 6.40. The van der Waals surface area contributed by atoms with Gasteiger partial charge in [-0.15, -0.1) is 0 Å². The van der Waals surface area contributed by atoms with Crippen molar-refractivity contribution < 1.29 is 4.79 Å². The third kappa shape index (κ3) is 6.58. The minimum Gasteiger partial charge on any atom is -0.299 e. The molecule has 1 aliphatic rings. The number of unbranched alkanes of at least 4 members (excludes halogenated alkanes) is 6. The molecule has 0 saturated heterocycles. The molecule has 0 radical (unpaired) electrons. The Morgan fingerprint density at radius 1 is 0.895 bits per heavy atom. The minimum atomic E-state index is 0.416. The molecular weight excluding hydrogens is 232 g/mol. The summed E-state index contributed by atoms with van der Waals surface area (Å²) in [5.74, 6) is 1.70. The fourth-order valence-electron chi connectivity index (χ4n) is 3.56. The topological polar surface area (TPSA) is 17.1 Å². The van der Waals surface area contributed by atoms with Crippen LogP contribution in [0.5, 0.6) is 0 Å². The summed E-state index contributed by atoms with van der Waals surface area (Å²) in [4.78, 5) is 12.3. The van der Waals surface area contributed by atoms with Gasteiger partial charge in [0.05, 0.1) is 0 Å². The Bertz CT molecular complexity index is 234. The van der Waals surface area contributed by atoms with Crippen LogP contribution in [0, 0.1) is 11.8 Å². The molecule has 1 fully saturated rings. The SMILES string of the molecule is CCCCCCCCCC(=O)C1CCCCC1CC. The highest BCUT2D eigenvalue weighted by Crippen LogP contribution is 2.33. The van der Waals surface area contributed by atoms with Crippen LogP contribution in [-0.4, -0.2) is 5.78 Å². The maximum Gasteiger partial charge on any atom is 0.136 e. The van der Waals surface area contributed by atoms with Crippen molar-refractivity contribution in [3.8, 4) is 0 Å². The van der Waals surface area contributed by atoms with Crippen LogP contribution in [0.3, 0.4) is 0 Å². The van der Waals surface area contributed by atoms with Gasteiger partial charge in [-0.3, -0.25) is 4.79 Å². The Balaban J connectivity index is 2.09. The van der Waals surface area contributed by atoms with Gasteiger partial charge in [-0.05, 0) is 25.2 Å². The number of hydrogen-bond donors (Lipinski definition) is 0. The smallest absolute Gasteiger partial charge is 0.136 e. The summed E-state index contributed by atoms with van der Waals surface area (Å²) < 4.78 is 0. The summed E-state index contributed by atoms with van der Waals surface area (Å²) in [5.41, 5.74) is 0. The van der Waals surface area contributed by atoms with Gasteiger partial charge in [0.2, 0.25) is 0 Å². The largest absolute Gasteiger partial charge is 0.299 e. The van der Waals surface area contributed by atoms with E-state index in [2.05, 4.69) is 13.8 Å². The van der Waals surface area contributed by atoms with Crippen molar-refractivity contribution in [1.82, 2.24) is 0 Å². The van der Waals surface area contributed by atoms with E-state index in [0.29, 0.717) is 17.6 Å². The molecule has 0 aliphatic heterocycles. The summed E-state index contributed by atoms with van der Waals surface area (Å²) >= 11 is 0. The third-order valence-corrected chi connectivity index (χ3v) is 4.87. The van der Waals surface area contributed by atoms with Crippen LogP contribution in [0.2, 0.25) is 0 Å². The summed E-state index contributed by atoms with van der Waals surface area (Å²) in [6.07, 6.45) is 16.3. The fraction of sp³-hybridized carbons (Fsp3) is 0.944. The van der Waals surface area contributed by atoms with Crippen molar-refractivity contribution >= 4 is 5.78 Å². The van der Waals surface area contributed by atoms with Gasteiger partial charge >= 0.3 is 0 Å². The number of carbonyl (C=O) groups excluding carboxylic acids is 1. The van der Waals surface area contributed by atoms with Crippen molar-refractivity contribution in [2.45, 2.75) is 97.3 Å². The molecule has 0 aromatic heterocycles. The Labute approximate surface area is 120 Å². The quantitative estimate of drug-likeness (QED) is 0.449. The van der Waals surface area contributed by atoms with E-state index in [0.717, 1.165) is 12.8 Å². The van der Waals surface area contributed by atoms with Crippen LogP contribution in [0.25, 0.3) is 0 Å². The molecule has 1 aliphatic carbocycles. The normalized spacial score (nSPS) is 23.5. The summed E-state index contributed by atoms with van der Waals surface area (Å²) in [6, 6.07) is 0. The summed E-state index contributed by atoms with van der Waals surface area (Å²) in [5, 5.41) is 0. The van der Waals surface area contributed by atoms with Crippen LogP contribution in [-0.2, 0) is 4.79 Å². The predicted octanol–water partition coefficient (Wildman–Crippen LogP) is 5.91. The zero-order chi connectivity index (χ0) is 13.9. The highest BCUT2D eigenvalue weighted by Gasteiger charge is 2.28. The van der Waals surface area contributed by atoms with Gasteiger partial charge in [-0.1, -0.05) is 71.6 Å². The average molecular weight is 266 g/mol. The first kappa shape index (κ1) is 16.7. The van der Waals surface area contributed by atoms with E-state index in [1.54, 1.807) is 0 Å². The van der Waals surface area contributed by atoms with Gasteiger partial charge in [0, 0.05) is 12.3 Å². The van der Waals surface area contributed by atoms with E-state index >= 15 is 0 Å². The average Bonchev–Trinajstić information content (AvgIpc) is 2.46. The minimum absolute atomic E-state index is 0.416. The zero-order valence-electron chi connectivity index (χ0n) is 13.3. The first-order chi connectivity index (χ1) is 9.29. The molecule has 0 spiro atoms. The van der Waals surface area contributed by atoms with E-state index in [1.165, 1.54) is 70.6 Å². The Morgan fingerprint density at radius 2 is 1.53 bits per heavy atom. The molecule has 0 bridgehead atoms. The van der Waals surface area contributed by atoms with Crippen LogP contribution < -0.4 is 0 Å². The molecule has 1 rings (SSSR count). The van der Waals surface area contributed by atoms with Gasteiger partial charge in [0.1, 0.15) is 5.78 Å². The number of ketones is 1. The lowest BCUT2D eigenvalue weighted by Crippen LogP contribution is -2.26. The van der Waals surface area contributed by atoms with Gasteiger partial charge < -0.3 is 0 Å². The zero-order valence-corrected chi connectivity index (χ0v) is 13.3. The molecule has 2 unspecified atom stereocenters. The molecule has 0 heterocycles. The van der Waals surface area contributed by atoms with Gasteiger partial charge in [-0.2, -0.15) is 0 Å². The number of hydrogen-bond acceptors (Lipinski definition) is 1. The maximum atomic E-state index is 12.3. The Kier molecular flexibility index (Phi) is 9.20. The molecule has 0 aromatic rings. The van der Waals surface area contributed by atoms with Crippen LogP contribution in [0.4, 0.5) is 0 Å². The Morgan fingerprint density at radius 3 is 2.21 bits per heavy atom. The molecule has 0 N–H and O–H groups in total. The summed E-state index contributed by atoms with van der Waals surface area (Å²) in [7, 11) is 0. The van der Waals surface area contributed by atoms with Crippen LogP contribution in [0.15, 0.2) is 0 Å². The van der Waals surface area contributed by atoms with E-state index in [1.807, 2.05) is 0 Å². The fourth-order valence-corrected chi connectivity index (χ4v) is 3.56. The molecular formula is C18H34O. The highest BCUT2D eigenvalue weighted by atomic mass is 16.1. The first-order valence-corrected chi connectivity index (χ1v) is 8.82. The molecule has 1 heteroatoms. The summed E-state index contributed by atoms with van der Waals surface area (Å²) in [6.45, 7) is 4.51. The lowest BCUT2D eigenvalue weighted by molar-refractivity contribution is -0.125. The molecule has 112 valence electrons. The number of rotatable bonds is 10. The first-order valence-electron chi connectivity index (χ1n) is 8.82. The molecule has 1 saturated carbocycles. The van der Waals surface area contributed by atoms with Gasteiger partial charge in [-0.25, -0.2) is 0 Å². The highest BCUT2D eigenvalue weighted by molar-refractivity contribution is 5.81. The van der Waals surface area contributed by atoms with E-state index in [9.17, 15) is 4.79 Å². The van der Waals surface area contributed by atoms with Crippen molar-refractivity contribution in [2.24, 2.45) is 11.8 Å². The van der Waals surface area contributed by atoms with Gasteiger partial charge in [0.25, 0.3) is 0 Å². The molecule has 1 nitrogen and oxygen atoms in total. The molecule has 0 aromatic carbocycles. The molecule has 19 heavy (non-hydrogen) atoms. The molecule has 2 atom stereocenters. The van der Waals surface area contributed by atoms with Crippen molar-refractivity contribution in [1.29, 1.82) is 0 Å². The second kappa shape index (κ2) is 10.5. The molecule has 0 amide bonds. The Hall–Kier alpha value is -0.330.